The molecule has 1 aliphatic carbocycles. The van der Waals surface area contributed by atoms with Crippen molar-refractivity contribution in [1.29, 1.82) is 0 Å². The van der Waals surface area contributed by atoms with Gasteiger partial charge in [0.15, 0.2) is 5.76 Å². The van der Waals surface area contributed by atoms with Crippen LogP contribution in [0.3, 0.4) is 0 Å². The molecule has 34 heavy (non-hydrogen) atoms. The molecule has 0 amide bonds. The second-order valence-electron chi connectivity index (χ2n) is 9.27. The van der Waals surface area contributed by atoms with Crippen molar-refractivity contribution in [2.24, 2.45) is 23.5 Å². The Hall–Kier alpha value is -2.96. The Labute approximate surface area is 199 Å². The maximum atomic E-state index is 9.98. The molecule has 0 bridgehead atoms. The number of nitrogens with zero attached hydrogens (tertiary/aromatic N) is 4. The van der Waals surface area contributed by atoms with Crippen molar-refractivity contribution in [2.45, 2.75) is 25.5 Å². The molecule has 5 atom stereocenters. The summed E-state index contributed by atoms with van der Waals surface area (Å²) < 4.78 is 7.45. The molecule has 8 heteroatoms. The van der Waals surface area contributed by atoms with Gasteiger partial charge in [-0.15, -0.1) is 0 Å². The zero-order chi connectivity index (χ0) is 23.7. The van der Waals surface area contributed by atoms with E-state index in [0.29, 0.717) is 41.6 Å². The summed E-state index contributed by atoms with van der Waals surface area (Å²) in [5.74, 6) is 9.89. The van der Waals surface area contributed by atoms with Crippen LogP contribution in [-0.2, 0) is 0 Å². The SMILES string of the molecule is C[C@H](O)c1nccn1[C@H](CN)c1cc(-c2ccc(C#C[C@@H]3[C@H]4CN(CCCO)C[C@@H]34)cc2)on1. The highest BCUT2D eigenvalue weighted by Gasteiger charge is 2.54. The minimum atomic E-state index is -0.704. The fourth-order valence-corrected chi connectivity index (χ4v) is 5.06. The summed E-state index contributed by atoms with van der Waals surface area (Å²) in [4.78, 5) is 6.67. The molecular weight excluding hydrogens is 430 g/mol. The van der Waals surface area contributed by atoms with Crippen LogP contribution in [0.25, 0.3) is 11.3 Å². The van der Waals surface area contributed by atoms with Crippen LogP contribution in [0, 0.1) is 29.6 Å². The van der Waals surface area contributed by atoms with Crippen LogP contribution in [0.2, 0.25) is 0 Å². The molecule has 1 saturated heterocycles. The first-order valence-corrected chi connectivity index (χ1v) is 11.9. The van der Waals surface area contributed by atoms with Crippen LogP contribution in [0.5, 0.6) is 0 Å². The number of hydrogen-bond donors (Lipinski definition) is 3. The standard InChI is InChI=1S/C26H31N5O3/c1-17(33)26-28-9-11-31(26)24(14-27)23-13-25(34-29-23)19-6-3-18(4-7-19)5-8-20-21-15-30(10-2-12-32)16-22(20)21/h3-4,6-7,9,11,13,17,20-22,24,32-33H,2,10,12,14-16,27H2,1H3/t17-,20-,21-,22+,24+/m0/s1. The molecule has 1 aromatic carbocycles. The number of hydrogen-bond acceptors (Lipinski definition) is 7. The molecule has 2 fully saturated rings. The lowest BCUT2D eigenvalue weighted by Crippen LogP contribution is -2.26. The van der Waals surface area contributed by atoms with Crippen molar-refractivity contribution in [3.05, 3.63) is 59.8 Å². The van der Waals surface area contributed by atoms with E-state index in [1.54, 1.807) is 19.3 Å². The second kappa shape index (κ2) is 9.72. The van der Waals surface area contributed by atoms with Gasteiger partial charge < -0.3 is 29.9 Å². The van der Waals surface area contributed by atoms with Crippen LogP contribution in [0.15, 0.2) is 47.2 Å². The number of rotatable bonds is 8. The molecule has 0 unspecified atom stereocenters. The average Bonchev–Trinajstić information content (AvgIpc) is 3.35. The van der Waals surface area contributed by atoms with Crippen LogP contribution >= 0.6 is 0 Å². The summed E-state index contributed by atoms with van der Waals surface area (Å²) in [7, 11) is 0. The summed E-state index contributed by atoms with van der Waals surface area (Å²) in [6.07, 6.45) is 3.59. The Kier molecular flexibility index (Phi) is 6.53. The number of likely N-dealkylation sites (tertiary alicyclic amines) is 1. The van der Waals surface area contributed by atoms with E-state index in [4.69, 9.17) is 15.4 Å². The molecule has 1 saturated carbocycles. The molecule has 3 aromatic rings. The highest BCUT2D eigenvalue weighted by molar-refractivity contribution is 5.59. The third-order valence-corrected chi connectivity index (χ3v) is 6.96. The largest absolute Gasteiger partial charge is 0.396 e. The molecule has 5 rings (SSSR count). The van der Waals surface area contributed by atoms with E-state index in [1.807, 2.05) is 34.9 Å². The maximum absolute atomic E-state index is 9.98. The van der Waals surface area contributed by atoms with Crippen molar-refractivity contribution in [3.63, 3.8) is 0 Å². The second-order valence-corrected chi connectivity index (χ2v) is 9.27. The topological polar surface area (TPSA) is 114 Å². The lowest BCUT2D eigenvalue weighted by molar-refractivity contribution is 0.182. The van der Waals surface area contributed by atoms with Gasteiger partial charge >= 0.3 is 0 Å². The smallest absolute Gasteiger partial charge is 0.167 e. The highest BCUT2D eigenvalue weighted by Crippen LogP contribution is 2.51. The van der Waals surface area contributed by atoms with Crippen LogP contribution < -0.4 is 5.73 Å². The van der Waals surface area contributed by atoms with E-state index >= 15 is 0 Å². The molecule has 178 valence electrons. The Morgan fingerprint density at radius 2 is 2.00 bits per heavy atom. The molecule has 2 aliphatic rings. The Balaban J connectivity index is 1.23. The molecule has 8 nitrogen and oxygen atoms in total. The van der Waals surface area contributed by atoms with E-state index in [0.717, 1.165) is 37.2 Å². The number of piperidine rings is 1. The van der Waals surface area contributed by atoms with E-state index in [1.165, 1.54) is 0 Å². The zero-order valence-electron chi connectivity index (χ0n) is 19.3. The Bertz CT molecular complexity index is 1160. The monoisotopic (exact) mass is 461 g/mol. The normalized spacial score (nSPS) is 23.2. The van der Waals surface area contributed by atoms with Gasteiger partial charge in [-0.3, -0.25) is 0 Å². The number of imidazole rings is 1. The lowest BCUT2D eigenvalue weighted by atomic mass is 10.1. The van der Waals surface area contributed by atoms with Gasteiger partial charge in [0.1, 0.15) is 17.6 Å². The van der Waals surface area contributed by atoms with E-state index in [9.17, 15) is 5.11 Å². The quantitative estimate of drug-likeness (QED) is 0.440. The number of fused-ring (bicyclic) bond motifs is 1. The number of nitrogens with two attached hydrogens (primary N) is 1. The van der Waals surface area contributed by atoms with Gasteiger partial charge in [0.05, 0.1) is 6.04 Å². The van der Waals surface area contributed by atoms with E-state index in [-0.39, 0.29) is 12.6 Å². The Morgan fingerprint density at radius 3 is 2.68 bits per heavy atom. The van der Waals surface area contributed by atoms with Crippen LogP contribution in [-0.4, -0.2) is 62.6 Å². The molecule has 0 radical (unpaired) electrons. The molecule has 2 aromatic heterocycles. The number of aromatic nitrogens is 3. The fraction of sp³-hybridized carbons (Fsp3) is 0.462. The number of aliphatic hydroxyl groups excluding tert-OH is 2. The summed E-state index contributed by atoms with van der Waals surface area (Å²) in [5, 5.41) is 23.2. The van der Waals surface area contributed by atoms with E-state index in [2.05, 4.69) is 26.9 Å². The molecule has 1 aliphatic heterocycles. The number of aliphatic hydroxyl groups is 2. The minimum Gasteiger partial charge on any atom is -0.396 e. The summed E-state index contributed by atoms with van der Waals surface area (Å²) in [6.45, 7) is 5.46. The lowest BCUT2D eigenvalue weighted by Gasteiger charge is -2.17. The van der Waals surface area contributed by atoms with Gasteiger partial charge in [-0.25, -0.2) is 4.98 Å². The maximum Gasteiger partial charge on any atom is 0.167 e. The van der Waals surface area contributed by atoms with Crippen molar-refractivity contribution in [1.82, 2.24) is 19.6 Å². The van der Waals surface area contributed by atoms with Crippen molar-refractivity contribution < 1.29 is 14.7 Å². The first-order chi connectivity index (χ1) is 16.6. The first-order valence-electron chi connectivity index (χ1n) is 11.9. The summed E-state index contributed by atoms with van der Waals surface area (Å²) in [6, 6.07) is 9.63. The Morgan fingerprint density at radius 1 is 1.24 bits per heavy atom. The highest BCUT2D eigenvalue weighted by atomic mass is 16.5. The van der Waals surface area contributed by atoms with Crippen molar-refractivity contribution >= 4 is 0 Å². The third kappa shape index (κ3) is 4.52. The van der Waals surface area contributed by atoms with Crippen LogP contribution in [0.4, 0.5) is 0 Å². The minimum absolute atomic E-state index is 0.266. The molecule has 4 N–H and O–H groups in total. The van der Waals surface area contributed by atoms with Crippen molar-refractivity contribution in [2.75, 3.05) is 32.8 Å². The third-order valence-electron chi connectivity index (χ3n) is 6.96. The molecule has 0 spiro atoms. The van der Waals surface area contributed by atoms with Crippen molar-refractivity contribution in [3.8, 4) is 23.2 Å². The predicted molar refractivity (Wildman–Crippen MR) is 127 cm³/mol. The molecular formula is C26H31N5O3. The van der Waals surface area contributed by atoms with Gasteiger partial charge in [-0.1, -0.05) is 17.0 Å². The summed E-state index contributed by atoms with van der Waals surface area (Å²) in [5.41, 5.74) is 8.62. The van der Waals surface area contributed by atoms with E-state index < -0.39 is 6.10 Å². The average molecular weight is 462 g/mol. The number of benzene rings is 1. The predicted octanol–water partition coefficient (Wildman–Crippen LogP) is 2.05. The van der Waals surface area contributed by atoms with Gasteiger partial charge in [-0.05, 0) is 49.4 Å². The van der Waals surface area contributed by atoms with Gasteiger partial charge in [0.25, 0.3) is 0 Å². The van der Waals surface area contributed by atoms with Crippen LogP contribution in [0.1, 0.15) is 42.6 Å². The van der Waals surface area contributed by atoms with Gasteiger partial charge in [-0.2, -0.15) is 0 Å². The zero-order valence-corrected chi connectivity index (χ0v) is 19.3. The first kappa shape index (κ1) is 22.8. The fourth-order valence-electron chi connectivity index (χ4n) is 5.06. The molecule has 3 heterocycles. The van der Waals surface area contributed by atoms with Gasteiger partial charge in [0, 0.05) is 68.3 Å². The van der Waals surface area contributed by atoms with Gasteiger partial charge in [0.2, 0.25) is 0 Å². The summed E-state index contributed by atoms with van der Waals surface area (Å²) >= 11 is 0.